The van der Waals surface area contributed by atoms with Crippen molar-refractivity contribution in [1.29, 1.82) is 0 Å². The number of methoxy groups -OCH3 is 1. The van der Waals surface area contributed by atoms with Gasteiger partial charge in [0, 0.05) is 20.2 Å². The third-order valence-corrected chi connectivity index (χ3v) is 3.68. The van der Waals surface area contributed by atoms with Crippen LogP contribution in [0.2, 0.25) is 0 Å². The lowest BCUT2D eigenvalue weighted by atomic mass is 9.96. The molecule has 0 atom stereocenters. The van der Waals surface area contributed by atoms with Gasteiger partial charge in [-0.15, -0.1) is 13.2 Å². The van der Waals surface area contributed by atoms with Gasteiger partial charge in [0.25, 0.3) is 0 Å². The molecule has 0 saturated heterocycles. The first-order valence-corrected chi connectivity index (χ1v) is 6.97. The van der Waals surface area contributed by atoms with Crippen LogP contribution in [0.3, 0.4) is 0 Å². The molecule has 21 heavy (non-hydrogen) atoms. The molecule has 1 aliphatic rings. The summed E-state index contributed by atoms with van der Waals surface area (Å²) >= 11 is 0. The number of hydrogen-bond acceptors (Lipinski definition) is 3. The average molecular weight is 303 g/mol. The van der Waals surface area contributed by atoms with Gasteiger partial charge in [-0.05, 0) is 42.4 Å². The minimum absolute atomic E-state index is 0.172. The van der Waals surface area contributed by atoms with E-state index in [0.29, 0.717) is 6.61 Å². The molecular formula is C15H20F3NO2. The molecule has 0 spiro atoms. The van der Waals surface area contributed by atoms with Crippen molar-refractivity contribution in [3.63, 3.8) is 0 Å². The lowest BCUT2D eigenvalue weighted by molar-refractivity contribution is -0.274. The minimum Gasteiger partial charge on any atom is -0.406 e. The molecule has 0 aromatic heterocycles. The number of rotatable bonds is 8. The van der Waals surface area contributed by atoms with E-state index in [1.54, 1.807) is 19.2 Å². The van der Waals surface area contributed by atoms with E-state index in [-0.39, 0.29) is 11.2 Å². The summed E-state index contributed by atoms with van der Waals surface area (Å²) in [7, 11) is 1.67. The summed E-state index contributed by atoms with van der Waals surface area (Å²) in [4.78, 5) is 0. The molecule has 1 aliphatic carbocycles. The monoisotopic (exact) mass is 303 g/mol. The van der Waals surface area contributed by atoms with Crippen LogP contribution in [0.25, 0.3) is 0 Å². The number of alkyl halides is 3. The number of hydrogen-bond donors (Lipinski definition) is 1. The molecule has 1 fully saturated rings. The van der Waals surface area contributed by atoms with Crippen LogP contribution in [-0.2, 0) is 11.2 Å². The summed E-state index contributed by atoms with van der Waals surface area (Å²) in [5.74, 6) is -0.172. The van der Waals surface area contributed by atoms with Crippen molar-refractivity contribution < 1.29 is 22.6 Å². The van der Waals surface area contributed by atoms with Crippen LogP contribution in [0.4, 0.5) is 13.2 Å². The zero-order chi connectivity index (χ0) is 15.3. The molecule has 6 heteroatoms. The van der Waals surface area contributed by atoms with E-state index in [1.165, 1.54) is 12.1 Å². The summed E-state index contributed by atoms with van der Waals surface area (Å²) in [6, 6.07) is 6.15. The Hall–Kier alpha value is -1.27. The number of nitrogens with one attached hydrogen (secondary N) is 1. The Balaban J connectivity index is 1.83. The van der Waals surface area contributed by atoms with Crippen LogP contribution in [0.5, 0.6) is 5.75 Å². The maximum absolute atomic E-state index is 12.1. The number of benzene rings is 1. The summed E-state index contributed by atoms with van der Waals surface area (Å²) in [6.07, 6.45) is -1.47. The Bertz CT molecular complexity index is 441. The van der Waals surface area contributed by atoms with Gasteiger partial charge in [-0.25, -0.2) is 0 Å². The molecule has 1 N–H and O–H groups in total. The average Bonchev–Trinajstić information content (AvgIpc) is 3.16. The van der Waals surface area contributed by atoms with Gasteiger partial charge in [-0.3, -0.25) is 0 Å². The Morgan fingerprint density at radius 3 is 2.38 bits per heavy atom. The standard InChI is InChI=1S/C15H20F3NO2/c1-20-9-8-19-11-14(6-7-14)10-12-2-4-13(5-3-12)21-15(16,17)18/h2-5,19H,6-11H2,1H3. The molecule has 2 rings (SSSR count). The Labute approximate surface area is 122 Å². The van der Waals surface area contributed by atoms with Gasteiger partial charge in [0.2, 0.25) is 0 Å². The smallest absolute Gasteiger partial charge is 0.406 e. The van der Waals surface area contributed by atoms with Crippen molar-refractivity contribution in [2.75, 3.05) is 26.8 Å². The van der Waals surface area contributed by atoms with Crippen molar-refractivity contribution in [3.8, 4) is 5.75 Å². The molecule has 3 nitrogen and oxygen atoms in total. The molecule has 0 amide bonds. The van der Waals surface area contributed by atoms with Crippen LogP contribution in [0.15, 0.2) is 24.3 Å². The van der Waals surface area contributed by atoms with E-state index < -0.39 is 6.36 Å². The highest BCUT2D eigenvalue weighted by atomic mass is 19.4. The Kier molecular flexibility index (Phi) is 5.11. The predicted molar refractivity (Wildman–Crippen MR) is 73.2 cm³/mol. The van der Waals surface area contributed by atoms with Gasteiger partial charge in [0.1, 0.15) is 5.75 Å². The number of halogens is 3. The molecule has 0 aliphatic heterocycles. The van der Waals surface area contributed by atoms with Crippen molar-refractivity contribution in [2.24, 2.45) is 5.41 Å². The molecule has 0 heterocycles. The first-order chi connectivity index (χ1) is 9.92. The third-order valence-electron chi connectivity index (χ3n) is 3.68. The quantitative estimate of drug-likeness (QED) is 0.748. The van der Waals surface area contributed by atoms with Gasteiger partial charge in [0.15, 0.2) is 0 Å². The predicted octanol–water partition coefficient (Wildman–Crippen LogP) is 3.14. The second kappa shape index (κ2) is 6.66. The summed E-state index contributed by atoms with van der Waals surface area (Å²) in [6.45, 7) is 2.41. The van der Waals surface area contributed by atoms with Crippen LogP contribution < -0.4 is 10.1 Å². The van der Waals surface area contributed by atoms with Gasteiger partial charge in [0.05, 0.1) is 6.61 Å². The van der Waals surface area contributed by atoms with E-state index in [0.717, 1.165) is 37.9 Å². The lowest BCUT2D eigenvalue weighted by Crippen LogP contribution is -2.28. The maximum Gasteiger partial charge on any atom is 0.573 e. The first kappa shape index (κ1) is 16.1. The molecule has 0 unspecified atom stereocenters. The van der Waals surface area contributed by atoms with Crippen LogP contribution >= 0.6 is 0 Å². The van der Waals surface area contributed by atoms with Crippen molar-refractivity contribution in [2.45, 2.75) is 25.6 Å². The SMILES string of the molecule is COCCNCC1(Cc2ccc(OC(F)(F)F)cc2)CC1. The van der Waals surface area contributed by atoms with Gasteiger partial charge in [-0.1, -0.05) is 12.1 Å². The van der Waals surface area contributed by atoms with Crippen LogP contribution in [0.1, 0.15) is 18.4 Å². The highest BCUT2D eigenvalue weighted by Gasteiger charge is 2.41. The fourth-order valence-electron chi connectivity index (χ4n) is 2.36. The second-order valence-electron chi connectivity index (χ2n) is 5.54. The van der Waals surface area contributed by atoms with E-state index in [1.807, 2.05) is 0 Å². The van der Waals surface area contributed by atoms with E-state index in [2.05, 4.69) is 10.1 Å². The van der Waals surface area contributed by atoms with E-state index in [4.69, 9.17) is 4.74 Å². The zero-order valence-corrected chi connectivity index (χ0v) is 12.0. The zero-order valence-electron chi connectivity index (χ0n) is 12.0. The molecule has 1 aromatic carbocycles. The Morgan fingerprint density at radius 1 is 1.19 bits per heavy atom. The topological polar surface area (TPSA) is 30.5 Å². The highest BCUT2D eigenvalue weighted by molar-refractivity contribution is 5.29. The fraction of sp³-hybridized carbons (Fsp3) is 0.600. The summed E-state index contributed by atoms with van der Waals surface area (Å²) in [5, 5.41) is 3.35. The summed E-state index contributed by atoms with van der Waals surface area (Å²) < 4.78 is 45.1. The van der Waals surface area contributed by atoms with Crippen LogP contribution in [-0.4, -0.2) is 33.2 Å². The van der Waals surface area contributed by atoms with Gasteiger partial charge in [-0.2, -0.15) is 0 Å². The molecule has 1 aromatic rings. The lowest BCUT2D eigenvalue weighted by Gasteiger charge is -2.16. The van der Waals surface area contributed by atoms with E-state index in [9.17, 15) is 13.2 Å². The Morgan fingerprint density at radius 2 is 1.86 bits per heavy atom. The van der Waals surface area contributed by atoms with E-state index >= 15 is 0 Å². The first-order valence-electron chi connectivity index (χ1n) is 6.97. The normalized spacial score (nSPS) is 16.8. The molecule has 0 radical (unpaired) electrons. The maximum atomic E-state index is 12.1. The van der Waals surface area contributed by atoms with Crippen LogP contribution in [0, 0.1) is 5.41 Å². The largest absolute Gasteiger partial charge is 0.573 e. The van der Waals surface area contributed by atoms with Crippen molar-refractivity contribution >= 4 is 0 Å². The molecule has 0 bridgehead atoms. The third kappa shape index (κ3) is 5.55. The minimum atomic E-state index is -4.63. The molecule has 1 saturated carbocycles. The highest BCUT2D eigenvalue weighted by Crippen LogP contribution is 2.47. The second-order valence-corrected chi connectivity index (χ2v) is 5.54. The summed E-state index contributed by atoms with van der Waals surface area (Å²) in [5.41, 5.74) is 1.29. The van der Waals surface area contributed by atoms with Crippen molar-refractivity contribution in [3.05, 3.63) is 29.8 Å². The molecule has 118 valence electrons. The van der Waals surface area contributed by atoms with Gasteiger partial charge >= 0.3 is 6.36 Å². The van der Waals surface area contributed by atoms with Crippen molar-refractivity contribution in [1.82, 2.24) is 5.32 Å². The van der Waals surface area contributed by atoms with Gasteiger partial charge < -0.3 is 14.8 Å². The fourth-order valence-corrected chi connectivity index (χ4v) is 2.36. The molecular weight excluding hydrogens is 283 g/mol. The number of ether oxygens (including phenoxy) is 2.